The SMILES string of the molecule is [2H]C([2H])(CCc1ccc(C(C)(C)C)cc1)c1c(C)cccc1C. The molecule has 0 heteroatoms. The first kappa shape index (κ1) is 13.1. The van der Waals surface area contributed by atoms with E-state index in [-0.39, 0.29) is 5.41 Å². The van der Waals surface area contributed by atoms with Crippen molar-refractivity contribution >= 4 is 0 Å². The predicted molar refractivity (Wildman–Crippen MR) is 93.1 cm³/mol. The second-order valence-electron chi connectivity index (χ2n) is 6.89. The molecule has 0 saturated carbocycles. The van der Waals surface area contributed by atoms with Gasteiger partial charge in [-0.05, 0) is 66.3 Å². The zero-order valence-corrected chi connectivity index (χ0v) is 14.0. The Labute approximate surface area is 133 Å². The maximum absolute atomic E-state index is 8.51. The molecule has 2 aromatic carbocycles. The summed E-state index contributed by atoms with van der Waals surface area (Å²) in [6.07, 6.45) is -0.0309. The normalized spacial score (nSPS) is 13.8. The van der Waals surface area contributed by atoms with Crippen LogP contribution in [0.15, 0.2) is 42.5 Å². The van der Waals surface area contributed by atoms with Gasteiger partial charge in [-0.3, -0.25) is 0 Å². The summed E-state index contributed by atoms with van der Waals surface area (Å²) >= 11 is 0. The lowest BCUT2D eigenvalue weighted by Gasteiger charge is -2.19. The molecular formula is C21H28. The van der Waals surface area contributed by atoms with Gasteiger partial charge in [0.1, 0.15) is 0 Å². The van der Waals surface area contributed by atoms with Crippen LogP contribution < -0.4 is 0 Å². The van der Waals surface area contributed by atoms with Crippen LogP contribution in [0.5, 0.6) is 0 Å². The first-order valence-electron chi connectivity index (χ1n) is 8.77. The van der Waals surface area contributed by atoms with Crippen LogP contribution in [0.3, 0.4) is 0 Å². The molecule has 0 heterocycles. The van der Waals surface area contributed by atoms with E-state index in [1.165, 1.54) is 11.1 Å². The molecule has 0 amide bonds. The molecule has 0 unspecified atom stereocenters. The average molecular weight is 282 g/mol. The van der Waals surface area contributed by atoms with Crippen molar-refractivity contribution in [1.29, 1.82) is 0 Å². The summed E-state index contributed by atoms with van der Waals surface area (Å²) < 4.78 is 17.0. The molecule has 0 aromatic heterocycles. The van der Waals surface area contributed by atoms with E-state index in [1.54, 1.807) is 0 Å². The van der Waals surface area contributed by atoms with Gasteiger partial charge in [-0.2, -0.15) is 0 Å². The highest BCUT2D eigenvalue weighted by Crippen LogP contribution is 2.23. The fourth-order valence-corrected chi connectivity index (χ4v) is 2.60. The van der Waals surface area contributed by atoms with Crippen LogP contribution >= 0.6 is 0 Å². The lowest BCUT2D eigenvalue weighted by atomic mass is 9.86. The third-order valence-corrected chi connectivity index (χ3v) is 4.02. The Morgan fingerprint density at radius 3 is 2.00 bits per heavy atom. The Morgan fingerprint density at radius 1 is 0.905 bits per heavy atom. The third kappa shape index (κ3) is 4.20. The van der Waals surface area contributed by atoms with Crippen LogP contribution in [0, 0.1) is 13.8 Å². The Kier molecular flexibility index (Phi) is 4.05. The van der Waals surface area contributed by atoms with Crippen molar-refractivity contribution in [1.82, 2.24) is 0 Å². The molecule has 0 aliphatic heterocycles. The zero-order chi connectivity index (χ0) is 17.3. The second kappa shape index (κ2) is 6.47. The first-order valence-corrected chi connectivity index (χ1v) is 7.77. The van der Waals surface area contributed by atoms with E-state index in [4.69, 9.17) is 2.74 Å². The minimum absolute atomic E-state index is 0.158. The van der Waals surface area contributed by atoms with E-state index in [0.29, 0.717) is 6.42 Å². The van der Waals surface area contributed by atoms with E-state index in [1.807, 2.05) is 32.0 Å². The number of hydrogen-bond acceptors (Lipinski definition) is 0. The highest BCUT2D eigenvalue weighted by atomic mass is 14.2. The number of hydrogen-bond donors (Lipinski definition) is 0. The smallest absolute Gasteiger partial charge is 0.0316 e. The fraction of sp³-hybridized carbons (Fsp3) is 0.429. The molecule has 21 heavy (non-hydrogen) atoms. The van der Waals surface area contributed by atoms with E-state index in [2.05, 4.69) is 45.0 Å². The van der Waals surface area contributed by atoms with Crippen molar-refractivity contribution in [2.75, 3.05) is 0 Å². The van der Waals surface area contributed by atoms with Gasteiger partial charge in [0.05, 0.1) is 0 Å². The van der Waals surface area contributed by atoms with Crippen molar-refractivity contribution in [3.8, 4) is 0 Å². The number of rotatable bonds is 4. The Hall–Kier alpha value is -1.56. The van der Waals surface area contributed by atoms with Gasteiger partial charge in [-0.25, -0.2) is 0 Å². The van der Waals surface area contributed by atoms with Crippen molar-refractivity contribution in [2.24, 2.45) is 0 Å². The van der Waals surface area contributed by atoms with Crippen LogP contribution in [0.4, 0.5) is 0 Å². The van der Waals surface area contributed by atoms with Gasteiger partial charge < -0.3 is 0 Å². The highest BCUT2D eigenvalue weighted by Gasteiger charge is 2.12. The van der Waals surface area contributed by atoms with Gasteiger partial charge in [0, 0.05) is 2.74 Å². The standard InChI is InChI=1S/C21H28/c1-16-8-6-9-17(2)20(16)11-7-10-18-12-14-19(15-13-18)21(3,4)5/h6,8-9,12-15H,7,10-11H2,1-5H3/i11D2. The Morgan fingerprint density at radius 2 is 1.48 bits per heavy atom. The molecule has 0 spiro atoms. The Balaban J connectivity index is 2.13. The summed E-state index contributed by atoms with van der Waals surface area (Å²) in [5.74, 6) is 0. The molecular weight excluding hydrogens is 252 g/mol. The van der Waals surface area contributed by atoms with Crippen molar-refractivity contribution < 1.29 is 2.74 Å². The summed E-state index contributed by atoms with van der Waals surface area (Å²) in [6.45, 7) is 10.6. The molecule has 2 aromatic rings. The van der Waals surface area contributed by atoms with E-state index >= 15 is 0 Å². The summed E-state index contributed by atoms with van der Waals surface area (Å²) in [7, 11) is 0. The lowest BCUT2D eigenvalue weighted by Crippen LogP contribution is -2.10. The van der Waals surface area contributed by atoms with Crippen LogP contribution in [-0.2, 0) is 18.2 Å². The molecule has 0 nitrogen and oxygen atoms in total. The summed E-state index contributed by atoms with van der Waals surface area (Å²) in [4.78, 5) is 0. The van der Waals surface area contributed by atoms with Crippen LogP contribution in [0.25, 0.3) is 0 Å². The minimum atomic E-state index is -1.29. The largest absolute Gasteiger partial charge is 0.0617 e. The predicted octanol–water partition coefficient (Wildman–Crippen LogP) is 5.78. The second-order valence-corrected chi connectivity index (χ2v) is 6.89. The molecule has 0 fully saturated rings. The molecule has 0 aliphatic carbocycles. The van der Waals surface area contributed by atoms with E-state index in [0.717, 1.165) is 23.1 Å². The number of benzene rings is 2. The quantitative estimate of drug-likeness (QED) is 0.667. The van der Waals surface area contributed by atoms with Gasteiger partial charge in [-0.15, -0.1) is 0 Å². The van der Waals surface area contributed by atoms with Crippen molar-refractivity contribution in [3.63, 3.8) is 0 Å². The molecule has 2 rings (SSSR count). The van der Waals surface area contributed by atoms with Crippen molar-refractivity contribution in [2.45, 2.75) is 59.2 Å². The van der Waals surface area contributed by atoms with Crippen LogP contribution in [0.1, 0.15) is 57.8 Å². The summed E-state index contributed by atoms with van der Waals surface area (Å²) in [5, 5.41) is 0. The fourth-order valence-electron chi connectivity index (χ4n) is 2.60. The maximum atomic E-state index is 8.51. The minimum Gasteiger partial charge on any atom is -0.0617 e. The van der Waals surface area contributed by atoms with Crippen LogP contribution in [0.2, 0.25) is 0 Å². The van der Waals surface area contributed by atoms with E-state index in [9.17, 15) is 0 Å². The maximum Gasteiger partial charge on any atom is 0.0316 e. The molecule has 112 valence electrons. The Bertz CT molecular complexity index is 641. The van der Waals surface area contributed by atoms with Crippen molar-refractivity contribution in [3.05, 3.63) is 70.3 Å². The van der Waals surface area contributed by atoms with Gasteiger partial charge >= 0.3 is 0 Å². The lowest BCUT2D eigenvalue weighted by molar-refractivity contribution is 0.590. The monoisotopic (exact) mass is 282 g/mol. The topological polar surface area (TPSA) is 0 Å². The molecule has 0 saturated heterocycles. The zero-order valence-electron chi connectivity index (χ0n) is 16.0. The van der Waals surface area contributed by atoms with Gasteiger partial charge in [0.25, 0.3) is 0 Å². The number of aryl methyl sites for hydroxylation is 3. The van der Waals surface area contributed by atoms with Gasteiger partial charge in [0.2, 0.25) is 0 Å². The molecule has 0 bridgehead atoms. The average Bonchev–Trinajstić information content (AvgIpc) is 2.44. The molecule has 0 aliphatic rings. The summed E-state index contributed by atoms with van der Waals surface area (Å²) in [5.41, 5.74) is 5.61. The van der Waals surface area contributed by atoms with Crippen LogP contribution in [-0.4, -0.2) is 0 Å². The first-order chi connectivity index (χ1) is 10.6. The molecule has 0 atom stereocenters. The molecule has 0 N–H and O–H groups in total. The van der Waals surface area contributed by atoms with Gasteiger partial charge in [0.15, 0.2) is 0 Å². The third-order valence-electron chi connectivity index (χ3n) is 4.02. The highest BCUT2D eigenvalue weighted by molar-refractivity contribution is 5.34. The molecule has 0 radical (unpaired) electrons. The van der Waals surface area contributed by atoms with E-state index < -0.39 is 6.37 Å². The summed E-state index contributed by atoms with van der Waals surface area (Å²) in [6, 6.07) is 14.6. The van der Waals surface area contributed by atoms with Gasteiger partial charge in [-0.1, -0.05) is 63.2 Å².